The molecule has 0 saturated carbocycles. The maximum Gasteiger partial charge on any atom is 0.387 e. The highest BCUT2D eigenvalue weighted by atomic mass is 19.3. The van der Waals surface area contributed by atoms with Gasteiger partial charge in [-0.05, 0) is 30.3 Å². The van der Waals surface area contributed by atoms with Crippen LogP contribution < -0.4 is 10.1 Å². The molecule has 0 aliphatic carbocycles. The lowest BCUT2D eigenvalue weighted by Crippen LogP contribution is -2.19. The van der Waals surface area contributed by atoms with Crippen LogP contribution in [0.1, 0.15) is 10.5 Å². The molecule has 9 heteroatoms. The van der Waals surface area contributed by atoms with Gasteiger partial charge in [0.05, 0.1) is 0 Å². The largest absolute Gasteiger partial charge is 0.476 e. The standard InChI is InChI=1S/C13H11F2N3O4/c14-13(15)22-9-3-1-8(2-4-9)16-11(19)7-18-6-5-10(17-18)12(20)21/h1-6,13H,7H2,(H,16,19)(H,20,21). The minimum atomic E-state index is -2.91. The molecule has 0 aliphatic heterocycles. The number of hydrogen-bond acceptors (Lipinski definition) is 4. The van der Waals surface area contributed by atoms with Crippen molar-refractivity contribution < 1.29 is 28.2 Å². The molecule has 1 aromatic heterocycles. The Hall–Kier alpha value is -2.97. The summed E-state index contributed by atoms with van der Waals surface area (Å²) in [6, 6.07) is 6.66. The minimum absolute atomic E-state index is 0.0221. The van der Waals surface area contributed by atoms with Gasteiger partial charge in [-0.1, -0.05) is 0 Å². The zero-order chi connectivity index (χ0) is 16.1. The van der Waals surface area contributed by atoms with Crippen molar-refractivity contribution in [1.82, 2.24) is 9.78 Å². The third kappa shape index (κ3) is 4.27. The maximum absolute atomic E-state index is 12.0. The first kappa shape index (κ1) is 15.4. The van der Waals surface area contributed by atoms with E-state index in [1.807, 2.05) is 0 Å². The number of alkyl halides is 2. The van der Waals surface area contributed by atoms with Crippen molar-refractivity contribution in [2.45, 2.75) is 13.2 Å². The predicted molar refractivity (Wildman–Crippen MR) is 70.9 cm³/mol. The monoisotopic (exact) mass is 311 g/mol. The summed E-state index contributed by atoms with van der Waals surface area (Å²) in [6.07, 6.45) is 1.36. The van der Waals surface area contributed by atoms with Crippen LogP contribution >= 0.6 is 0 Å². The fraction of sp³-hybridized carbons (Fsp3) is 0.154. The van der Waals surface area contributed by atoms with Gasteiger partial charge in [0.25, 0.3) is 0 Å². The number of benzene rings is 1. The van der Waals surface area contributed by atoms with Crippen molar-refractivity contribution in [3.8, 4) is 5.75 Å². The molecule has 1 aromatic carbocycles. The molecule has 1 heterocycles. The van der Waals surface area contributed by atoms with Gasteiger partial charge in [0.2, 0.25) is 5.91 Å². The number of aromatic nitrogens is 2. The summed E-state index contributed by atoms with van der Waals surface area (Å²) in [6.45, 7) is -3.09. The van der Waals surface area contributed by atoms with Crippen LogP contribution in [0.2, 0.25) is 0 Å². The summed E-state index contributed by atoms with van der Waals surface area (Å²) < 4.78 is 29.3. The second-order valence-electron chi connectivity index (χ2n) is 4.15. The maximum atomic E-state index is 12.0. The van der Waals surface area contributed by atoms with E-state index in [9.17, 15) is 18.4 Å². The number of hydrogen-bond donors (Lipinski definition) is 2. The molecular formula is C13H11F2N3O4. The van der Waals surface area contributed by atoms with Crippen molar-refractivity contribution >= 4 is 17.6 Å². The Kier molecular flexibility index (Phi) is 4.66. The van der Waals surface area contributed by atoms with Crippen LogP contribution in [-0.4, -0.2) is 33.4 Å². The normalized spacial score (nSPS) is 10.5. The second kappa shape index (κ2) is 6.66. The number of anilines is 1. The summed E-state index contributed by atoms with van der Waals surface area (Å²) >= 11 is 0. The summed E-state index contributed by atoms with van der Waals surface area (Å²) in [7, 11) is 0. The van der Waals surface area contributed by atoms with E-state index < -0.39 is 18.5 Å². The number of carboxylic acids is 1. The van der Waals surface area contributed by atoms with Crippen LogP contribution in [0.15, 0.2) is 36.5 Å². The highest BCUT2D eigenvalue weighted by molar-refractivity contribution is 5.90. The zero-order valence-corrected chi connectivity index (χ0v) is 11.1. The Bertz CT molecular complexity index is 670. The van der Waals surface area contributed by atoms with Gasteiger partial charge in [0, 0.05) is 11.9 Å². The van der Waals surface area contributed by atoms with Gasteiger partial charge in [-0.2, -0.15) is 13.9 Å². The Morgan fingerprint density at radius 1 is 1.27 bits per heavy atom. The Labute approximate surface area is 123 Å². The van der Waals surface area contributed by atoms with E-state index in [-0.39, 0.29) is 18.0 Å². The number of carbonyl (C=O) groups excluding carboxylic acids is 1. The summed E-state index contributed by atoms with van der Waals surface area (Å²) in [4.78, 5) is 22.4. The number of carbonyl (C=O) groups is 2. The molecule has 0 atom stereocenters. The smallest absolute Gasteiger partial charge is 0.387 e. The molecule has 2 N–H and O–H groups in total. The lowest BCUT2D eigenvalue weighted by atomic mass is 10.3. The molecular weight excluding hydrogens is 300 g/mol. The van der Waals surface area contributed by atoms with Crippen molar-refractivity contribution in [3.63, 3.8) is 0 Å². The van der Waals surface area contributed by atoms with Gasteiger partial charge >= 0.3 is 12.6 Å². The van der Waals surface area contributed by atoms with Gasteiger partial charge < -0.3 is 15.2 Å². The third-order valence-electron chi connectivity index (χ3n) is 2.53. The summed E-state index contributed by atoms with van der Waals surface area (Å²) in [5, 5.41) is 14.9. The van der Waals surface area contributed by atoms with Gasteiger partial charge in [-0.15, -0.1) is 0 Å². The van der Waals surface area contributed by atoms with Crippen LogP contribution in [0.5, 0.6) is 5.75 Å². The number of nitrogens with zero attached hydrogens (tertiary/aromatic N) is 2. The zero-order valence-electron chi connectivity index (χ0n) is 11.1. The highest BCUT2D eigenvalue weighted by Crippen LogP contribution is 2.17. The average molecular weight is 311 g/mol. The number of nitrogens with one attached hydrogen (secondary N) is 1. The van der Waals surface area contributed by atoms with Crippen molar-refractivity contribution in [1.29, 1.82) is 0 Å². The van der Waals surface area contributed by atoms with Gasteiger partial charge in [0.1, 0.15) is 12.3 Å². The van der Waals surface area contributed by atoms with Gasteiger partial charge in [0.15, 0.2) is 5.69 Å². The van der Waals surface area contributed by atoms with Crippen LogP contribution in [0.3, 0.4) is 0 Å². The van der Waals surface area contributed by atoms with Crippen molar-refractivity contribution in [2.75, 3.05) is 5.32 Å². The van der Waals surface area contributed by atoms with E-state index in [2.05, 4.69) is 15.2 Å². The van der Waals surface area contributed by atoms with E-state index in [1.165, 1.54) is 41.2 Å². The Balaban J connectivity index is 1.92. The fourth-order valence-corrected chi connectivity index (χ4v) is 1.63. The first-order chi connectivity index (χ1) is 10.4. The quantitative estimate of drug-likeness (QED) is 0.849. The third-order valence-corrected chi connectivity index (χ3v) is 2.53. The topological polar surface area (TPSA) is 93.5 Å². The molecule has 7 nitrogen and oxygen atoms in total. The molecule has 22 heavy (non-hydrogen) atoms. The molecule has 0 aliphatic rings. The van der Waals surface area contributed by atoms with E-state index in [4.69, 9.17) is 5.11 Å². The SMILES string of the molecule is O=C(Cn1ccc(C(=O)O)n1)Nc1ccc(OC(F)F)cc1. The van der Waals surface area contributed by atoms with Gasteiger partial charge in [-0.3, -0.25) is 9.48 Å². The van der Waals surface area contributed by atoms with E-state index in [0.717, 1.165) is 0 Å². The van der Waals surface area contributed by atoms with E-state index in [1.54, 1.807) is 0 Å². The molecule has 1 amide bonds. The van der Waals surface area contributed by atoms with Crippen LogP contribution in [0, 0.1) is 0 Å². The van der Waals surface area contributed by atoms with Crippen LogP contribution in [0.25, 0.3) is 0 Å². The number of rotatable bonds is 6. The molecule has 0 spiro atoms. The summed E-state index contributed by atoms with van der Waals surface area (Å²) in [5.74, 6) is -1.65. The molecule has 0 saturated heterocycles. The second-order valence-corrected chi connectivity index (χ2v) is 4.15. The van der Waals surface area contributed by atoms with Crippen LogP contribution in [0.4, 0.5) is 14.5 Å². The number of aromatic carboxylic acids is 1. The van der Waals surface area contributed by atoms with Crippen LogP contribution in [-0.2, 0) is 11.3 Å². The first-order valence-electron chi connectivity index (χ1n) is 6.05. The Morgan fingerprint density at radius 3 is 2.50 bits per heavy atom. The van der Waals surface area contributed by atoms with E-state index in [0.29, 0.717) is 5.69 Å². The lowest BCUT2D eigenvalue weighted by molar-refractivity contribution is -0.116. The molecule has 0 fully saturated rings. The van der Waals surface area contributed by atoms with E-state index >= 15 is 0 Å². The molecule has 0 radical (unpaired) electrons. The Morgan fingerprint density at radius 2 is 1.95 bits per heavy atom. The van der Waals surface area contributed by atoms with Crippen molar-refractivity contribution in [3.05, 3.63) is 42.2 Å². The highest BCUT2D eigenvalue weighted by Gasteiger charge is 2.10. The molecule has 2 aromatic rings. The first-order valence-corrected chi connectivity index (χ1v) is 6.05. The summed E-state index contributed by atoms with van der Waals surface area (Å²) in [5.41, 5.74) is 0.221. The number of amides is 1. The molecule has 0 bridgehead atoms. The molecule has 0 unspecified atom stereocenters. The lowest BCUT2D eigenvalue weighted by Gasteiger charge is -2.07. The van der Waals surface area contributed by atoms with Gasteiger partial charge in [-0.25, -0.2) is 4.79 Å². The minimum Gasteiger partial charge on any atom is -0.476 e. The average Bonchev–Trinajstić information content (AvgIpc) is 2.89. The fourth-order valence-electron chi connectivity index (χ4n) is 1.63. The predicted octanol–water partition coefficient (Wildman–Crippen LogP) is 1.82. The number of halogens is 2. The molecule has 2 rings (SSSR count). The molecule has 116 valence electrons. The number of ether oxygens (including phenoxy) is 1. The van der Waals surface area contributed by atoms with Crippen molar-refractivity contribution in [2.24, 2.45) is 0 Å². The number of carboxylic acid groups (broad SMARTS) is 1.